The van der Waals surface area contributed by atoms with Crippen LogP contribution in [0.2, 0.25) is 0 Å². The lowest BCUT2D eigenvalue weighted by Crippen LogP contribution is -2.62. The van der Waals surface area contributed by atoms with E-state index in [0.29, 0.717) is 0 Å². The number of esters is 3. The molecule has 5 atom stereocenters. The summed E-state index contributed by atoms with van der Waals surface area (Å²) in [5.74, 6) is -5.58. The molecule has 280 valence electrons. The fourth-order valence-electron chi connectivity index (χ4n) is 5.07. The van der Waals surface area contributed by atoms with E-state index >= 15 is 0 Å². The summed E-state index contributed by atoms with van der Waals surface area (Å²) in [6.45, 7) is -2.07. The van der Waals surface area contributed by atoms with Gasteiger partial charge >= 0.3 is 17.9 Å². The standard InChI is InChI=1S/C35H38O17/c36-8-7-21(15-37)16-49-35-34(52-31(46)14-20-3-6-24(40)27(43)11-20)32(47)33(51-30(45)13-19-2-5-23(39)26(42)10-19)28(50-35)17-48-29(44)12-18-1-4-22(38)25(41)9-18/h1-7,9-11,28,32-43,47H,8,12-17H2/b21-7+/t28-,32-,33-,34-,35-/m1/s1. The van der Waals surface area contributed by atoms with E-state index in [4.69, 9.17) is 23.7 Å². The molecule has 17 heteroatoms. The Kier molecular flexibility index (Phi) is 13.6. The topological polar surface area (TPSA) is 279 Å². The molecule has 4 rings (SSSR count). The SMILES string of the molecule is O=C(Cc1ccc(O)c(O)c1)OC[C@H]1O[C@@H](OC/C(=C/CO)CO)[C@H](OC(=O)Cc2ccc(O)c(O)c2)[C@H](O)[C@@H]1OC(=O)Cc1ccc(O)c(O)c1. The fourth-order valence-corrected chi connectivity index (χ4v) is 5.07. The lowest BCUT2D eigenvalue weighted by molar-refractivity contribution is -0.305. The molecule has 0 bridgehead atoms. The first-order valence-corrected chi connectivity index (χ1v) is 15.7. The van der Waals surface area contributed by atoms with E-state index in [1.54, 1.807) is 0 Å². The van der Waals surface area contributed by atoms with Crippen LogP contribution in [0.4, 0.5) is 0 Å². The van der Waals surface area contributed by atoms with Gasteiger partial charge in [-0.15, -0.1) is 0 Å². The summed E-state index contributed by atoms with van der Waals surface area (Å²) in [6, 6.07) is 10.9. The van der Waals surface area contributed by atoms with Crippen molar-refractivity contribution in [2.24, 2.45) is 0 Å². The molecule has 52 heavy (non-hydrogen) atoms. The molecule has 3 aromatic rings. The lowest BCUT2D eigenvalue weighted by atomic mass is 9.98. The molecule has 1 heterocycles. The first-order chi connectivity index (χ1) is 24.8. The highest BCUT2D eigenvalue weighted by Gasteiger charge is 2.50. The first kappa shape index (κ1) is 39.2. The number of ether oxygens (including phenoxy) is 5. The maximum atomic E-state index is 13.1. The highest BCUT2D eigenvalue weighted by molar-refractivity contribution is 5.74. The summed E-state index contributed by atoms with van der Waals surface area (Å²) in [5, 5.41) is 88.7. The maximum Gasteiger partial charge on any atom is 0.310 e. The van der Waals surface area contributed by atoms with Gasteiger partial charge in [-0.2, -0.15) is 0 Å². The highest BCUT2D eigenvalue weighted by atomic mass is 16.7. The van der Waals surface area contributed by atoms with Crippen molar-refractivity contribution in [1.29, 1.82) is 0 Å². The number of aliphatic hydroxyl groups excluding tert-OH is 3. The zero-order valence-corrected chi connectivity index (χ0v) is 27.4. The van der Waals surface area contributed by atoms with Gasteiger partial charge < -0.3 is 69.6 Å². The predicted molar refractivity (Wildman–Crippen MR) is 174 cm³/mol. The molecule has 0 saturated carbocycles. The molecule has 1 aliphatic rings. The Balaban J connectivity index is 1.59. The largest absolute Gasteiger partial charge is 0.504 e. The minimum Gasteiger partial charge on any atom is -0.504 e. The van der Waals surface area contributed by atoms with Gasteiger partial charge in [0.2, 0.25) is 0 Å². The van der Waals surface area contributed by atoms with Gasteiger partial charge in [0.1, 0.15) is 18.8 Å². The Morgan fingerprint density at radius 3 is 1.56 bits per heavy atom. The third kappa shape index (κ3) is 10.7. The van der Waals surface area contributed by atoms with Gasteiger partial charge in [0.15, 0.2) is 53.0 Å². The zero-order valence-electron chi connectivity index (χ0n) is 27.4. The predicted octanol–water partition coefficient (Wildman–Crippen LogP) is 0.328. The Labute approximate surface area is 295 Å². The van der Waals surface area contributed by atoms with Gasteiger partial charge in [0.05, 0.1) is 39.1 Å². The minimum absolute atomic E-state index is 0.177. The van der Waals surface area contributed by atoms with E-state index in [-0.39, 0.29) is 28.7 Å². The smallest absolute Gasteiger partial charge is 0.310 e. The van der Waals surface area contributed by atoms with Crippen molar-refractivity contribution in [3.8, 4) is 34.5 Å². The highest BCUT2D eigenvalue weighted by Crippen LogP contribution is 2.31. The van der Waals surface area contributed by atoms with Crippen LogP contribution in [0.3, 0.4) is 0 Å². The molecule has 1 aliphatic heterocycles. The van der Waals surface area contributed by atoms with E-state index < -0.39 is 122 Å². The van der Waals surface area contributed by atoms with Crippen LogP contribution in [-0.4, -0.2) is 121 Å². The van der Waals surface area contributed by atoms with Gasteiger partial charge in [-0.05, 0) is 58.7 Å². The monoisotopic (exact) mass is 730 g/mol. The Morgan fingerprint density at radius 1 is 0.654 bits per heavy atom. The molecule has 9 N–H and O–H groups in total. The van der Waals surface area contributed by atoms with Crippen molar-refractivity contribution < 1.29 is 84.0 Å². The summed E-state index contributed by atoms with van der Waals surface area (Å²) in [4.78, 5) is 39.0. The second-order valence-corrected chi connectivity index (χ2v) is 11.6. The second kappa shape index (κ2) is 18.1. The van der Waals surface area contributed by atoms with Crippen LogP contribution in [-0.2, 0) is 57.3 Å². The minimum atomic E-state index is -1.91. The summed E-state index contributed by atoms with van der Waals surface area (Å²) in [7, 11) is 0. The van der Waals surface area contributed by atoms with Crippen LogP contribution in [0.1, 0.15) is 16.7 Å². The normalized spacial score (nSPS) is 20.2. The number of phenolic OH excluding ortho intramolecular Hbond substituents is 6. The molecular weight excluding hydrogens is 692 g/mol. The van der Waals surface area contributed by atoms with Gasteiger partial charge in [-0.3, -0.25) is 14.4 Å². The quantitative estimate of drug-likeness (QED) is 0.0441. The Morgan fingerprint density at radius 2 is 1.12 bits per heavy atom. The molecule has 0 aromatic heterocycles. The van der Waals surface area contributed by atoms with Crippen molar-refractivity contribution >= 4 is 17.9 Å². The third-order valence-electron chi connectivity index (χ3n) is 7.74. The van der Waals surface area contributed by atoms with Crippen LogP contribution in [0, 0.1) is 0 Å². The van der Waals surface area contributed by atoms with E-state index in [0.717, 1.165) is 30.3 Å². The molecule has 1 fully saturated rings. The van der Waals surface area contributed by atoms with E-state index in [1.165, 1.54) is 30.3 Å². The van der Waals surface area contributed by atoms with Crippen LogP contribution in [0.5, 0.6) is 34.5 Å². The van der Waals surface area contributed by atoms with Gasteiger partial charge in [0.25, 0.3) is 0 Å². The van der Waals surface area contributed by atoms with Crippen molar-refractivity contribution in [1.82, 2.24) is 0 Å². The van der Waals surface area contributed by atoms with Crippen molar-refractivity contribution in [3.63, 3.8) is 0 Å². The Hall–Kier alpha value is -5.59. The van der Waals surface area contributed by atoms with E-state index in [9.17, 15) is 60.3 Å². The summed E-state index contributed by atoms with van der Waals surface area (Å²) in [5.41, 5.74) is 0.868. The Bertz CT molecular complexity index is 1750. The number of hydrogen-bond acceptors (Lipinski definition) is 17. The molecule has 17 nitrogen and oxygen atoms in total. The molecule has 0 unspecified atom stereocenters. The summed E-state index contributed by atoms with van der Waals surface area (Å²) in [6.07, 6.45) is -8.54. The van der Waals surface area contributed by atoms with Gasteiger partial charge in [-0.1, -0.05) is 24.3 Å². The average molecular weight is 731 g/mol. The number of aromatic hydroxyl groups is 6. The van der Waals surface area contributed by atoms with Gasteiger partial charge in [0, 0.05) is 0 Å². The molecule has 1 saturated heterocycles. The molecule has 0 spiro atoms. The number of carbonyl (C=O) groups is 3. The number of aliphatic hydroxyl groups is 3. The molecule has 3 aromatic carbocycles. The summed E-state index contributed by atoms with van der Waals surface area (Å²) < 4.78 is 28.1. The average Bonchev–Trinajstić information content (AvgIpc) is 3.09. The van der Waals surface area contributed by atoms with Crippen molar-refractivity contribution in [2.75, 3.05) is 26.4 Å². The maximum absolute atomic E-state index is 13.1. The van der Waals surface area contributed by atoms with Crippen molar-refractivity contribution in [3.05, 3.63) is 82.9 Å². The van der Waals surface area contributed by atoms with E-state index in [1.807, 2.05) is 0 Å². The number of benzene rings is 3. The molecule has 0 amide bonds. The van der Waals surface area contributed by atoms with Crippen LogP contribution >= 0.6 is 0 Å². The number of hydrogen-bond donors (Lipinski definition) is 9. The summed E-state index contributed by atoms with van der Waals surface area (Å²) >= 11 is 0. The fraction of sp³-hybridized carbons (Fsp3) is 0.343. The number of rotatable bonds is 15. The number of phenols is 6. The van der Waals surface area contributed by atoms with E-state index in [2.05, 4.69) is 0 Å². The van der Waals surface area contributed by atoms with Gasteiger partial charge in [-0.25, -0.2) is 0 Å². The molecular formula is C35H38O17. The zero-order chi connectivity index (χ0) is 37.9. The first-order valence-electron chi connectivity index (χ1n) is 15.7. The third-order valence-corrected chi connectivity index (χ3v) is 7.74. The molecule has 0 radical (unpaired) electrons. The molecule has 0 aliphatic carbocycles. The second-order valence-electron chi connectivity index (χ2n) is 11.6. The van der Waals surface area contributed by atoms with Crippen LogP contribution in [0.15, 0.2) is 66.2 Å². The number of carbonyl (C=O) groups excluding carboxylic acids is 3. The van der Waals surface area contributed by atoms with Crippen LogP contribution < -0.4 is 0 Å². The lowest BCUT2D eigenvalue weighted by Gasteiger charge is -2.43. The van der Waals surface area contributed by atoms with Crippen LogP contribution in [0.25, 0.3) is 0 Å². The van der Waals surface area contributed by atoms with Crippen molar-refractivity contribution in [2.45, 2.75) is 50.0 Å².